The van der Waals surface area contributed by atoms with Gasteiger partial charge < -0.3 is 10.6 Å². The third-order valence-corrected chi connectivity index (χ3v) is 5.40. The van der Waals surface area contributed by atoms with E-state index in [0.29, 0.717) is 17.9 Å². The first-order chi connectivity index (χ1) is 13.1. The van der Waals surface area contributed by atoms with Crippen LogP contribution in [0.5, 0.6) is 0 Å². The second-order valence-electron chi connectivity index (χ2n) is 7.34. The molecule has 1 amide bonds. The summed E-state index contributed by atoms with van der Waals surface area (Å²) in [5, 5.41) is 10.8. The van der Waals surface area contributed by atoms with Crippen LogP contribution in [0.15, 0.2) is 18.2 Å². The van der Waals surface area contributed by atoms with Gasteiger partial charge in [0.15, 0.2) is 5.69 Å². The maximum absolute atomic E-state index is 14.5. The minimum atomic E-state index is -0.308. The molecule has 1 aliphatic heterocycles. The van der Waals surface area contributed by atoms with Crippen molar-refractivity contribution in [2.75, 3.05) is 39.3 Å². The van der Waals surface area contributed by atoms with Gasteiger partial charge in [0.2, 0.25) is 0 Å². The fourth-order valence-corrected chi connectivity index (χ4v) is 3.95. The van der Waals surface area contributed by atoms with Gasteiger partial charge >= 0.3 is 0 Å². The van der Waals surface area contributed by atoms with Crippen molar-refractivity contribution >= 4 is 18.3 Å². The highest BCUT2D eigenvalue weighted by atomic mass is 35.5. The molecule has 1 aromatic carbocycles. The molecule has 1 saturated heterocycles. The molecule has 0 radical (unpaired) electrons. The molecule has 1 fully saturated rings. The zero-order valence-corrected chi connectivity index (χ0v) is 16.9. The molecule has 0 bridgehead atoms. The summed E-state index contributed by atoms with van der Waals surface area (Å²) in [6.45, 7) is 7.29. The Hall–Kier alpha value is -1.96. The van der Waals surface area contributed by atoms with E-state index in [1.165, 1.54) is 6.07 Å². The SMILES string of the molecule is Cc1ccc(-n2nc(C(=O)NCCN3CCNCC3)c3c2CCC3)c(F)c1.Cl. The molecular weight excluding hydrogens is 381 g/mol. The Morgan fingerprint density at radius 3 is 2.82 bits per heavy atom. The standard InChI is InChI=1S/C20H26FN5O.ClH/c1-14-5-6-18(16(21)13-14)26-17-4-2-3-15(17)19(24-26)20(27)23-9-12-25-10-7-22-8-11-25;/h5-6,13,22H,2-4,7-12H2,1H3,(H,23,27);1H. The van der Waals surface area contributed by atoms with Crippen LogP contribution in [0.25, 0.3) is 5.69 Å². The van der Waals surface area contributed by atoms with Gasteiger partial charge in [0.1, 0.15) is 11.5 Å². The lowest BCUT2D eigenvalue weighted by molar-refractivity contribution is 0.0941. The maximum atomic E-state index is 14.5. The van der Waals surface area contributed by atoms with E-state index in [2.05, 4.69) is 20.6 Å². The Labute approximate surface area is 170 Å². The molecule has 152 valence electrons. The van der Waals surface area contributed by atoms with Crippen molar-refractivity contribution in [3.8, 4) is 5.69 Å². The fraction of sp³-hybridized carbons (Fsp3) is 0.500. The molecule has 8 heteroatoms. The van der Waals surface area contributed by atoms with Crippen LogP contribution in [0.3, 0.4) is 0 Å². The van der Waals surface area contributed by atoms with Crippen LogP contribution in [0, 0.1) is 12.7 Å². The number of rotatable bonds is 5. The largest absolute Gasteiger partial charge is 0.349 e. The van der Waals surface area contributed by atoms with Crippen LogP contribution in [0.2, 0.25) is 0 Å². The highest BCUT2D eigenvalue weighted by Crippen LogP contribution is 2.28. The molecule has 1 aliphatic carbocycles. The predicted octanol–water partition coefficient (Wildman–Crippen LogP) is 1.87. The number of halogens is 2. The van der Waals surface area contributed by atoms with Gasteiger partial charge in [-0.05, 0) is 43.9 Å². The molecule has 28 heavy (non-hydrogen) atoms. The van der Waals surface area contributed by atoms with Crippen molar-refractivity contribution in [2.45, 2.75) is 26.2 Å². The topological polar surface area (TPSA) is 62.2 Å². The molecule has 6 nitrogen and oxygen atoms in total. The average molecular weight is 408 g/mol. The van der Waals surface area contributed by atoms with E-state index in [1.807, 2.05) is 13.0 Å². The predicted molar refractivity (Wildman–Crippen MR) is 109 cm³/mol. The summed E-state index contributed by atoms with van der Waals surface area (Å²) in [7, 11) is 0. The number of benzene rings is 1. The molecule has 2 aromatic rings. The number of carbonyl (C=O) groups excluding carboxylic acids is 1. The first kappa shape index (κ1) is 20.8. The average Bonchev–Trinajstić information content (AvgIpc) is 3.26. The van der Waals surface area contributed by atoms with Crippen molar-refractivity contribution < 1.29 is 9.18 Å². The number of carbonyl (C=O) groups is 1. The van der Waals surface area contributed by atoms with Crippen LogP contribution in [-0.4, -0.2) is 59.9 Å². The van der Waals surface area contributed by atoms with E-state index in [4.69, 9.17) is 0 Å². The molecular formula is C20H27ClFN5O. The van der Waals surface area contributed by atoms with E-state index in [1.54, 1.807) is 10.7 Å². The summed E-state index contributed by atoms with van der Waals surface area (Å²) in [6, 6.07) is 5.11. The summed E-state index contributed by atoms with van der Waals surface area (Å²) in [5.41, 5.74) is 3.66. The van der Waals surface area contributed by atoms with Crippen molar-refractivity contribution in [1.29, 1.82) is 0 Å². The highest BCUT2D eigenvalue weighted by Gasteiger charge is 2.27. The van der Waals surface area contributed by atoms with Crippen LogP contribution < -0.4 is 10.6 Å². The maximum Gasteiger partial charge on any atom is 0.272 e. The van der Waals surface area contributed by atoms with Gasteiger partial charge in [-0.1, -0.05) is 6.07 Å². The van der Waals surface area contributed by atoms with Gasteiger partial charge in [-0.25, -0.2) is 9.07 Å². The molecule has 0 spiro atoms. The van der Waals surface area contributed by atoms with Crippen molar-refractivity contribution in [1.82, 2.24) is 25.3 Å². The number of hydrogen-bond acceptors (Lipinski definition) is 4. The van der Waals surface area contributed by atoms with Gasteiger partial charge in [0, 0.05) is 50.5 Å². The third-order valence-electron chi connectivity index (χ3n) is 5.40. The number of piperazine rings is 1. The van der Waals surface area contributed by atoms with Crippen LogP contribution in [0.1, 0.15) is 33.7 Å². The number of nitrogens with one attached hydrogen (secondary N) is 2. The summed E-state index contributed by atoms with van der Waals surface area (Å²) in [4.78, 5) is 15.1. The van der Waals surface area contributed by atoms with Gasteiger partial charge in [-0.2, -0.15) is 5.10 Å². The first-order valence-electron chi connectivity index (χ1n) is 9.72. The number of hydrogen-bond donors (Lipinski definition) is 2. The Morgan fingerprint density at radius 2 is 2.07 bits per heavy atom. The first-order valence-corrected chi connectivity index (χ1v) is 9.72. The molecule has 0 atom stereocenters. The molecule has 0 saturated carbocycles. The Bertz CT molecular complexity index is 847. The molecule has 2 N–H and O–H groups in total. The molecule has 2 aliphatic rings. The minimum Gasteiger partial charge on any atom is -0.349 e. The zero-order chi connectivity index (χ0) is 18.8. The number of amides is 1. The lowest BCUT2D eigenvalue weighted by Crippen LogP contribution is -2.46. The number of aromatic nitrogens is 2. The second kappa shape index (κ2) is 9.03. The second-order valence-corrected chi connectivity index (χ2v) is 7.34. The van der Waals surface area contributed by atoms with E-state index in [0.717, 1.165) is 68.8 Å². The minimum absolute atomic E-state index is 0. The van der Waals surface area contributed by atoms with Gasteiger partial charge in [-0.3, -0.25) is 9.69 Å². The van der Waals surface area contributed by atoms with Crippen LogP contribution in [-0.2, 0) is 12.8 Å². The van der Waals surface area contributed by atoms with E-state index >= 15 is 0 Å². The lowest BCUT2D eigenvalue weighted by atomic mass is 10.2. The fourth-order valence-electron chi connectivity index (χ4n) is 3.95. The molecule has 4 rings (SSSR count). The monoisotopic (exact) mass is 407 g/mol. The number of fused-ring (bicyclic) bond motifs is 1. The van der Waals surface area contributed by atoms with Crippen molar-refractivity contribution in [2.24, 2.45) is 0 Å². The zero-order valence-electron chi connectivity index (χ0n) is 16.1. The molecule has 0 unspecified atom stereocenters. The van der Waals surface area contributed by atoms with Gasteiger partial charge in [0.05, 0.1) is 0 Å². The molecule has 2 heterocycles. The summed E-state index contributed by atoms with van der Waals surface area (Å²) < 4.78 is 16.1. The van der Waals surface area contributed by atoms with Crippen molar-refractivity contribution in [3.05, 3.63) is 46.5 Å². The number of aryl methyl sites for hydroxylation is 1. The van der Waals surface area contributed by atoms with E-state index < -0.39 is 0 Å². The van der Waals surface area contributed by atoms with Crippen LogP contribution in [0.4, 0.5) is 4.39 Å². The smallest absolute Gasteiger partial charge is 0.272 e. The summed E-state index contributed by atoms with van der Waals surface area (Å²) in [5.74, 6) is -0.465. The van der Waals surface area contributed by atoms with Crippen LogP contribution >= 0.6 is 12.4 Å². The Kier molecular flexibility index (Phi) is 6.69. The summed E-state index contributed by atoms with van der Waals surface area (Å²) in [6.07, 6.45) is 2.62. The third kappa shape index (κ3) is 4.21. The highest BCUT2D eigenvalue weighted by molar-refractivity contribution is 5.94. The summed E-state index contributed by atoms with van der Waals surface area (Å²) >= 11 is 0. The Morgan fingerprint density at radius 1 is 1.29 bits per heavy atom. The normalized spacial score (nSPS) is 16.5. The van der Waals surface area contributed by atoms with Gasteiger partial charge in [-0.15, -0.1) is 12.4 Å². The lowest BCUT2D eigenvalue weighted by Gasteiger charge is -2.27. The van der Waals surface area contributed by atoms with E-state index in [9.17, 15) is 9.18 Å². The van der Waals surface area contributed by atoms with E-state index in [-0.39, 0.29) is 24.1 Å². The van der Waals surface area contributed by atoms with Crippen molar-refractivity contribution in [3.63, 3.8) is 0 Å². The quantitative estimate of drug-likeness (QED) is 0.794. The number of nitrogens with zero attached hydrogens (tertiary/aromatic N) is 3. The Balaban J connectivity index is 0.00000225. The van der Waals surface area contributed by atoms with Gasteiger partial charge in [0.25, 0.3) is 5.91 Å². The molecule has 1 aromatic heterocycles.